The largest absolute Gasteiger partial charge is 0.497 e. The fourth-order valence-corrected chi connectivity index (χ4v) is 3.61. The maximum Gasteiger partial charge on any atom is 0.293 e. The second-order valence-corrected chi connectivity index (χ2v) is 7.76. The lowest BCUT2D eigenvalue weighted by Gasteiger charge is -2.12. The van der Waals surface area contributed by atoms with Crippen molar-refractivity contribution in [3.05, 3.63) is 81.9 Å². The van der Waals surface area contributed by atoms with Gasteiger partial charge < -0.3 is 4.74 Å². The van der Waals surface area contributed by atoms with Crippen molar-refractivity contribution in [3.8, 4) is 11.4 Å². The maximum absolute atomic E-state index is 13.4. The lowest BCUT2D eigenvalue weighted by atomic mass is 10.1. The smallest absolute Gasteiger partial charge is 0.293 e. The quantitative estimate of drug-likeness (QED) is 0.445. The average Bonchev–Trinajstić information content (AvgIpc) is 3.21. The number of carbonyl (C=O) groups excluding carboxylic acids is 1. The summed E-state index contributed by atoms with van der Waals surface area (Å²) in [5.74, 6) is 0.519. The SMILES string of the molecule is COc1ccc(C(=O)Cn2nc(C(C)C)c3cnn(-c4ccccc4C)c3c2=O)cc1. The topological polar surface area (TPSA) is 79.0 Å². The second kappa shape index (κ2) is 8.18. The van der Waals surface area contributed by atoms with Crippen LogP contribution in [0.25, 0.3) is 16.6 Å². The van der Waals surface area contributed by atoms with E-state index in [1.807, 2.05) is 45.0 Å². The van der Waals surface area contributed by atoms with Crippen LogP contribution in [0.1, 0.15) is 41.4 Å². The molecule has 4 aromatic rings. The Balaban J connectivity index is 1.85. The minimum Gasteiger partial charge on any atom is -0.497 e. The Morgan fingerprint density at radius 1 is 1.10 bits per heavy atom. The Morgan fingerprint density at radius 2 is 1.81 bits per heavy atom. The Bertz CT molecular complexity index is 1320. The van der Waals surface area contributed by atoms with E-state index >= 15 is 0 Å². The van der Waals surface area contributed by atoms with E-state index in [9.17, 15) is 9.59 Å². The zero-order chi connectivity index (χ0) is 22.1. The summed E-state index contributed by atoms with van der Waals surface area (Å²) in [7, 11) is 1.57. The molecule has 0 saturated carbocycles. The number of carbonyl (C=O) groups is 1. The Morgan fingerprint density at radius 3 is 2.45 bits per heavy atom. The molecule has 7 nitrogen and oxygen atoms in total. The molecule has 0 radical (unpaired) electrons. The molecule has 31 heavy (non-hydrogen) atoms. The van der Waals surface area contributed by atoms with E-state index in [2.05, 4.69) is 10.2 Å². The van der Waals surface area contributed by atoms with Gasteiger partial charge >= 0.3 is 0 Å². The highest BCUT2D eigenvalue weighted by molar-refractivity contribution is 5.96. The van der Waals surface area contributed by atoms with E-state index < -0.39 is 0 Å². The third-order valence-corrected chi connectivity index (χ3v) is 5.31. The second-order valence-electron chi connectivity index (χ2n) is 7.76. The third-order valence-electron chi connectivity index (χ3n) is 5.31. The molecule has 0 fully saturated rings. The van der Waals surface area contributed by atoms with Crippen LogP contribution in [0.15, 0.2) is 59.5 Å². The summed E-state index contributed by atoms with van der Waals surface area (Å²) in [6.07, 6.45) is 1.68. The van der Waals surface area contributed by atoms with E-state index in [4.69, 9.17) is 4.74 Å². The zero-order valence-electron chi connectivity index (χ0n) is 18.0. The number of aryl methyl sites for hydroxylation is 1. The molecule has 0 bridgehead atoms. The molecule has 0 aliphatic heterocycles. The molecule has 0 amide bonds. The molecule has 0 aliphatic rings. The van der Waals surface area contributed by atoms with E-state index in [0.717, 1.165) is 16.9 Å². The van der Waals surface area contributed by atoms with Crippen molar-refractivity contribution >= 4 is 16.7 Å². The number of aromatic nitrogens is 4. The van der Waals surface area contributed by atoms with Gasteiger partial charge in [-0.3, -0.25) is 9.59 Å². The highest BCUT2D eigenvalue weighted by atomic mass is 16.5. The van der Waals surface area contributed by atoms with Crippen molar-refractivity contribution in [3.63, 3.8) is 0 Å². The fraction of sp³-hybridized carbons (Fsp3) is 0.250. The van der Waals surface area contributed by atoms with Crippen LogP contribution < -0.4 is 10.3 Å². The summed E-state index contributed by atoms with van der Waals surface area (Å²) in [4.78, 5) is 26.3. The van der Waals surface area contributed by atoms with Crippen LogP contribution in [-0.4, -0.2) is 32.5 Å². The Hall–Kier alpha value is -3.74. The van der Waals surface area contributed by atoms with Gasteiger partial charge in [0.05, 0.1) is 24.7 Å². The van der Waals surface area contributed by atoms with Gasteiger partial charge in [0.2, 0.25) is 0 Å². The minimum atomic E-state index is -0.345. The number of rotatable bonds is 6. The molecule has 2 aromatic heterocycles. The van der Waals surface area contributed by atoms with Gasteiger partial charge in [-0.15, -0.1) is 0 Å². The summed E-state index contributed by atoms with van der Waals surface area (Å²) in [5, 5.41) is 9.73. The number of hydrogen-bond acceptors (Lipinski definition) is 5. The first-order valence-corrected chi connectivity index (χ1v) is 10.1. The molecule has 0 N–H and O–H groups in total. The van der Waals surface area contributed by atoms with E-state index in [-0.39, 0.29) is 23.8 Å². The molecule has 2 aromatic carbocycles. The zero-order valence-corrected chi connectivity index (χ0v) is 18.0. The molecule has 0 spiro atoms. The monoisotopic (exact) mass is 416 g/mol. The van der Waals surface area contributed by atoms with Gasteiger partial charge in [0.15, 0.2) is 5.78 Å². The van der Waals surface area contributed by atoms with E-state index in [0.29, 0.717) is 22.2 Å². The first-order chi connectivity index (χ1) is 14.9. The summed E-state index contributed by atoms with van der Waals surface area (Å²) in [5.41, 5.74) is 3.13. The number of Topliss-reactive ketones (excluding diaryl/α,β-unsaturated/α-hetero) is 1. The van der Waals surface area contributed by atoms with Gasteiger partial charge in [-0.1, -0.05) is 32.0 Å². The predicted octanol–water partition coefficient (Wildman–Crippen LogP) is 3.91. The van der Waals surface area contributed by atoms with Crippen LogP contribution in [0.2, 0.25) is 0 Å². The number of ether oxygens (including phenoxy) is 1. The number of hydrogen-bond donors (Lipinski definition) is 0. The van der Waals surface area contributed by atoms with Gasteiger partial charge in [-0.25, -0.2) is 9.36 Å². The average molecular weight is 416 g/mol. The molecular weight excluding hydrogens is 392 g/mol. The van der Waals surface area contributed by atoms with Crippen molar-refractivity contribution in [2.24, 2.45) is 0 Å². The summed E-state index contributed by atoms with van der Waals surface area (Å²) >= 11 is 0. The molecule has 0 atom stereocenters. The Kier molecular flexibility index (Phi) is 5.42. The highest BCUT2D eigenvalue weighted by Crippen LogP contribution is 2.24. The van der Waals surface area contributed by atoms with Crippen LogP contribution in [0.4, 0.5) is 0 Å². The molecule has 158 valence electrons. The summed E-state index contributed by atoms with van der Waals surface area (Å²) in [6.45, 7) is 5.83. The van der Waals surface area contributed by atoms with Crippen LogP contribution in [0.5, 0.6) is 5.75 Å². The number of fused-ring (bicyclic) bond motifs is 1. The first-order valence-electron chi connectivity index (χ1n) is 10.1. The van der Waals surface area contributed by atoms with Crippen molar-refractivity contribution in [1.82, 2.24) is 19.6 Å². The molecule has 7 heteroatoms. The molecule has 0 aliphatic carbocycles. The van der Waals surface area contributed by atoms with Crippen LogP contribution >= 0.6 is 0 Å². The number of nitrogens with zero attached hydrogens (tertiary/aromatic N) is 4. The molecule has 4 rings (SSSR count). The van der Waals surface area contributed by atoms with Crippen molar-refractivity contribution in [2.75, 3.05) is 7.11 Å². The maximum atomic E-state index is 13.4. The third kappa shape index (κ3) is 3.74. The van der Waals surface area contributed by atoms with Crippen molar-refractivity contribution < 1.29 is 9.53 Å². The van der Waals surface area contributed by atoms with Crippen LogP contribution in [0.3, 0.4) is 0 Å². The van der Waals surface area contributed by atoms with Gasteiger partial charge in [0.25, 0.3) is 5.56 Å². The van der Waals surface area contributed by atoms with Gasteiger partial charge in [0.1, 0.15) is 17.8 Å². The predicted molar refractivity (Wildman–Crippen MR) is 119 cm³/mol. The number of benzene rings is 2. The summed E-state index contributed by atoms with van der Waals surface area (Å²) in [6, 6.07) is 14.6. The van der Waals surface area contributed by atoms with Crippen LogP contribution in [0, 0.1) is 6.92 Å². The van der Waals surface area contributed by atoms with Gasteiger partial charge in [-0.2, -0.15) is 10.2 Å². The Labute approximate surface area is 179 Å². The number of methoxy groups -OCH3 is 1. The molecular formula is C24H24N4O3. The van der Waals surface area contributed by atoms with Crippen LogP contribution in [-0.2, 0) is 6.54 Å². The van der Waals surface area contributed by atoms with E-state index in [1.54, 1.807) is 42.3 Å². The standard InChI is InChI=1S/C24H24N4O3/c1-15(2)22-19-13-25-28(20-8-6-5-7-16(20)3)23(19)24(30)27(26-22)14-21(29)17-9-11-18(31-4)12-10-17/h5-13,15H,14H2,1-4H3. The first kappa shape index (κ1) is 20.5. The molecule has 0 unspecified atom stereocenters. The normalized spacial score (nSPS) is 11.3. The minimum absolute atomic E-state index is 0.0555. The lowest BCUT2D eigenvalue weighted by Crippen LogP contribution is -2.29. The number of para-hydroxylation sites is 1. The molecule has 2 heterocycles. The van der Waals surface area contributed by atoms with Gasteiger partial charge in [0, 0.05) is 10.9 Å². The fourth-order valence-electron chi connectivity index (χ4n) is 3.61. The van der Waals surface area contributed by atoms with E-state index in [1.165, 1.54) is 4.68 Å². The number of ketones is 1. The molecule has 0 saturated heterocycles. The highest BCUT2D eigenvalue weighted by Gasteiger charge is 2.20. The van der Waals surface area contributed by atoms with Crippen molar-refractivity contribution in [1.29, 1.82) is 0 Å². The summed E-state index contributed by atoms with van der Waals surface area (Å²) < 4.78 is 8.04. The van der Waals surface area contributed by atoms with Crippen molar-refractivity contribution in [2.45, 2.75) is 33.2 Å². The van der Waals surface area contributed by atoms with Gasteiger partial charge in [-0.05, 0) is 48.7 Å². The lowest BCUT2D eigenvalue weighted by molar-refractivity contribution is 0.0965.